The van der Waals surface area contributed by atoms with Crippen molar-refractivity contribution in [2.24, 2.45) is 5.73 Å². The van der Waals surface area contributed by atoms with Crippen molar-refractivity contribution >= 4 is 17.1 Å². The first-order valence-corrected chi connectivity index (χ1v) is 4.44. The number of imidazole rings is 1. The summed E-state index contributed by atoms with van der Waals surface area (Å²) in [6.07, 6.45) is 3.59. The molecule has 1 atom stereocenters. The Bertz CT molecular complexity index is 433. The standard InChI is InChI=1S/C9H10ClN3/c1-6(11)7-2-3-13-5-12-9(10)8(13)4-7/h2-6H,11H2,1H3. The summed E-state index contributed by atoms with van der Waals surface area (Å²) in [6, 6.07) is 3.95. The molecule has 0 saturated heterocycles. The molecular weight excluding hydrogens is 186 g/mol. The molecule has 0 radical (unpaired) electrons. The second-order valence-electron chi connectivity index (χ2n) is 3.08. The van der Waals surface area contributed by atoms with Crippen LogP contribution in [0.2, 0.25) is 5.15 Å². The second-order valence-corrected chi connectivity index (χ2v) is 3.43. The van der Waals surface area contributed by atoms with Crippen molar-refractivity contribution in [3.05, 3.63) is 35.4 Å². The Kier molecular flexibility index (Phi) is 1.98. The number of halogens is 1. The molecular formula is C9H10ClN3. The highest BCUT2D eigenvalue weighted by atomic mass is 35.5. The van der Waals surface area contributed by atoms with Gasteiger partial charge in [0.1, 0.15) is 6.33 Å². The van der Waals surface area contributed by atoms with E-state index in [0.29, 0.717) is 5.15 Å². The summed E-state index contributed by atoms with van der Waals surface area (Å²) in [5, 5.41) is 0.516. The fourth-order valence-corrected chi connectivity index (χ4v) is 1.45. The molecule has 13 heavy (non-hydrogen) atoms. The summed E-state index contributed by atoms with van der Waals surface area (Å²) in [5.74, 6) is 0. The average Bonchev–Trinajstić information content (AvgIpc) is 2.47. The zero-order valence-electron chi connectivity index (χ0n) is 7.24. The minimum atomic E-state index is 0.0240. The normalized spacial score (nSPS) is 13.5. The maximum Gasteiger partial charge on any atom is 0.154 e. The van der Waals surface area contributed by atoms with Crippen LogP contribution in [-0.2, 0) is 0 Å². The van der Waals surface area contributed by atoms with E-state index in [0.717, 1.165) is 11.1 Å². The van der Waals surface area contributed by atoms with E-state index in [1.54, 1.807) is 6.33 Å². The van der Waals surface area contributed by atoms with Crippen molar-refractivity contribution in [3.8, 4) is 0 Å². The largest absolute Gasteiger partial charge is 0.324 e. The van der Waals surface area contributed by atoms with Crippen LogP contribution in [0.1, 0.15) is 18.5 Å². The lowest BCUT2D eigenvalue weighted by molar-refractivity contribution is 0.816. The predicted octanol–water partition coefficient (Wildman–Crippen LogP) is 2.01. The van der Waals surface area contributed by atoms with E-state index < -0.39 is 0 Å². The minimum Gasteiger partial charge on any atom is -0.324 e. The molecule has 2 aromatic rings. The number of rotatable bonds is 1. The van der Waals surface area contributed by atoms with Gasteiger partial charge < -0.3 is 10.1 Å². The molecule has 0 aliphatic carbocycles. The van der Waals surface area contributed by atoms with E-state index in [-0.39, 0.29) is 6.04 Å². The Balaban J connectivity index is 2.66. The molecule has 68 valence electrons. The van der Waals surface area contributed by atoms with E-state index in [9.17, 15) is 0 Å². The number of nitrogens with two attached hydrogens (primary N) is 1. The molecule has 0 aliphatic rings. The van der Waals surface area contributed by atoms with Crippen molar-refractivity contribution in [1.29, 1.82) is 0 Å². The molecule has 4 heteroatoms. The minimum absolute atomic E-state index is 0.0240. The van der Waals surface area contributed by atoms with Crippen LogP contribution in [0.5, 0.6) is 0 Å². The van der Waals surface area contributed by atoms with Crippen molar-refractivity contribution in [3.63, 3.8) is 0 Å². The summed E-state index contributed by atoms with van der Waals surface area (Å²) in [6.45, 7) is 1.94. The van der Waals surface area contributed by atoms with Gasteiger partial charge in [-0.05, 0) is 24.6 Å². The molecule has 0 saturated carbocycles. The van der Waals surface area contributed by atoms with Crippen LogP contribution in [-0.4, -0.2) is 9.38 Å². The molecule has 0 aliphatic heterocycles. The summed E-state index contributed by atoms with van der Waals surface area (Å²) >= 11 is 5.88. The highest BCUT2D eigenvalue weighted by Gasteiger charge is 2.04. The molecule has 3 nitrogen and oxygen atoms in total. The topological polar surface area (TPSA) is 43.3 Å². The molecule has 1 unspecified atom stereocenters. The Morgan fingerprint density at radius 2 is 2.38 bits per heavy atom. The average molecular weight is 196 g/mol. The highest BCUT2D eigenvalue weighted by molar-refractivity contribution is 6.32. The van der Waals surface area contributed by atoms with E-state index in [2.05, 4.69) is 4.98 Å². The van der Waals surface area contributed by atoms with Gasteiger partial charge in [-0.2, -0.15) is 0 Å². The maximum atomic E-state index is 5.88. The second kappa shape index (κ2) is 3.01. The Hall–Kier alpha value is -1.06. The molecule has 2 N–H and O–H groups in total. The number of hydrogen-bond donors (Lipinski definition) is 1. The van der Waals surface area contributed by atoms with Crippen molar-refractivity contribution in [2.45, 2.75) is 13.0 Å². The molecule has 0 aromatic carbocycles. The van der Waals surface area contributed by atoms with Gasteiger partial charge in [-0.1, -0.05) is 11.6 Å². The number of aromatic nitrogens is 2. The molecule has 0 spiro atoms. The van der Waals surface area contributed by atoms with E-state index in [1.165, 1.54) is 0 Å². The fraction of sp³-hybridized carbons (Fsp3) is 0.222. The van der Waals surface area contributed by atoms with Crippen LogP contribution < -0.4 is 5.73 Å². The summed E-state index contributed by atoms with van der Waals surface area (Å²) in [7, 11) is 0. The van der Waals surface area contributed by atoms with Gasteiger partial charge in [-0.3, -0.25) is 0 Å². The van der Waals surface area contributed by atoms with Crippen LogP contribution in [0, 0.1) is 0 Å². The van der Waals surface area contributed by atoms with Gasteiger partial charge in [0, 0.05) is 12.2 Å². The smallest absolute Gasteiger partial charge is 0.154 e. The number of hydrogen-bond acceptors (Lipinski definition) is 2. The third kappa shape index (κ3) is 1.41. The van der Waals surface area contributed by atoms with Crippen molar-refractivity contribution < 1.29 is 0 Å². The molecule has 2 aromatic heterocycles. The first-order valence-electron chi connectivity index (χ1n) is 4.06. The SMILES string of the molecule is CC(N)c1ccn2cnc(Cl)c2c1. The van der Waals surface area contributed by atoms with Gasteiger partial charge in [0.25, 0.3) is 0 Å². The first-order chi connectivity index (χ1) is 6.18. The number of fused-ring (bicyclic) bond motifs is 1. The van der Waals surface area contributed by atoms with E-state index in [4.69, 9.17) is 17.3 Å². The zero-order valence-corrected chi connectivity index (χ0v) is 7.99. The van der Waals surface area contributed by atoms with Gasteiger partial charge in [-0.25, -0.2) is 4.98 Å². The van der Waals surface area contributed by atoms with Crippen LogP contribution in [0.25, 0.3) is 5.52 Å². The molecule has 2 rings (SSSR count). The third-order valence-electron chi connectivity index (χ3n) is 2.04. The fourth-order valence-electron chi connectivity index (χ4n) is 1.26. The Morgan fingerprint density at radius 3 is 3.08 bits per heavy atom. The number of nitrogens with zero attached hydrogens (tertiary/aromatic N) is 2. The van der Waals surface area contributed by atoms with Crippen molar-refractivity contribution in [1.82, 2.24) is 9.38 Å². The zero-order chi connectivity index (χ0) is 9.42. The van der Waals surface area contributed by atoms with Gasteiger partial charge in [0.2, 0.25) is 0 Å². The Morgan fingerprint density at radius 1 is 1.62 bits per heavy atom. The Labute approximate surface area is 81.1 Å². The lowest BCUT2D eigenvalue weighted by Crippen LogP contribution is -2.04. The molecule has 0 amide bonds. The molecule has 0 bridgehead atoms. The van der Waals surface area contributed by atoms with Crippen LogP contribution in [0.3, 0.4) is 0 Å². The summed E-state index contributed by atoms with van der Waals surface area (Å²) in [4.78, 5) is 3.98. The van der Waals surface area contributed by atoms with Crippen molar-refractivity contribution in [2.75, 3.05) is 0 Å². The summed E-state index contributed by atoms with van der Waals surface area (Å²) < 4.78 is 1.87. The highest BCUT2D eigenvalue weighted by Crippen LogP contribution is 2.18. The first kappa shape index (κ1) is 8.53. The third-order valence-corrected chi connectivity index (χ3v) is 2.33. The van der Waals surface area contributed by atoms with Gasteiger partial charge in [0.15, 0.2) is 5.15 Å². The lowest BCUT2D eigenvalue weighted by atomic mass is 10.1. The van der Waals surface area contributed by atoms with E-state index in [1.807, 2.05) is 29.7 Å². The maximum absolute atomic E-state index is 5.88. The predicted molar refractivity (Wildman–Crippen MR) is 52.8 cm³/mol. The van der Waals surface area contributed by atoms with Gasteiger partial charge in [-0.15, -0.1) is 0 Å². The summed E-state index contributed by atoms with van der Waals surface area (Å²) in [5.41, 5.74) is 7.72. The lowest BCUT2D eigenvalue weighted by Gasteiger charge is -2.05. The van der Waals surface area contributed by atoms with Gasteiger partial charge >= 0.3 is 0 Å². The molecule has 0 fully saturated rings. The number of pyridine rings is 1. The quantitative estimate of drug-likeness (QED) is 0.757. The monoisotopic (exact) mass is 195 g/mol. The van der Waals surface area contributed by atoms with Crippen LogP contribution >= 0.6 is 11.6 Å². The van der Waals surface area contributed by atoms with Crippen LogP contribution in [0.15, 0.2) is 24.7 Å². The molecule has 2 heterocycles. The van der Waals surface area contributed by atoms with Gasteiger partial charge in [0.05, 0.1) is 5.52 Å². The van der Waals surface area contributed by atoms with Crippen LogP contribution in [0.4, 0.5) is 0 Å². The van der Waals surface area contributed by atoms with E-state index >= 15 is 0 Å².